The molecule has 0 fully saturated rings. The smallest absolute Gasteiger partial charge is 0.248 e. The van der Waals surface area contributed by atoms with Crippen molar-refractivity contribution in [3.8, 4) is 16.9 Å². The summed E-state index contributed by atoms with van der Waals surface area (Å²) in [6.45, 7) is 2.47. The molecule has 152 valence electrons. The second kappa shape index (κ2) is 7.59. The molecule has 6 nitrogen and oxygen atoms in total. The van der Waals surface area contributed by atoms with E-state index < -0.39 is 0 Å². The average molecular weight is 425 g/mol. The summed E-state index contributed by atoms with van der Waals surface area (Å²) >= 11 is 6.57. The highest BCUT2D eigenvalue weighted by atomic mass is 35.5. The SMILES string of the molecule is O=c1cc(CN2CCOc3c(Cl)cc(-c4cnn5cc(F)ccc45)cc3C2)cc[nH]1. The first kappa shape index (κ1) is 18.8. The molecule has 3 aromatic heterocycles. The Balaban J connectivity index is 1.51. The van der Waals surface area contributed by atoms with Crippen LogP contribution in [0.4, 0.5) is 4.39 Å². The maximum Gasteiger partial charge on any atom is 0.248 e. The van der Waals surface area contributed by atoms with Gasteiger partial charge >= 0.3 is 0 Å². The van der Waals surface area contributed by atoms with Gasteiger partial charge in [-0.15, -0.1) is 0 Å². The third-order valence-corrected chi connectivity index (χ3v) is 5.49. The number of benzene rings is 1. The summed E-state index contributed by atoms with van der Waals surface area (Å²) in [5, 5.41) is 4.78. The number of hydrogen-bond donors (Lipinski definition) is 1. The first-order valence-corrected chi connectivity index (χ1v) is 9.93. The van der Waals surface area contributed by atoms with E-state index in [4.69, 9.17) is 16.3 Å². The number of fused-ring (bicyclic) bond motifs is 2. The summed E-state index contributed by atoms with van der Waals surface area (Å²) in [6.07, 6.45) is 4.71. The number of nitrogens with one attached hydrogen (secondary N) is 1. The molecule has 1 aliphatic rings. The maximum absolute atomic E-state index is 13.5. The van der Waals surface area contributed by atoms with Gasteiger partial charge in [0.05, 0.1) is 22.9 Å². The molecular formula is C22H18ClFN4O2. The number of aromatic nitrogens is 3. The van der Waals surface area contributed by atoms with Gasteiger partial charge in [-0.05, 0) is 41.5 Å². The van der Waals surface area contributed by atoms with Gasteiger partial charge in [0.15, 0.2) is 0 Å². The zero-order chi connectivity index (χ0) is 20.7. The number of ether oxygens (including phenoxy) is 1. The minimum atomic E-state index is -0.346. The first-order valence-electron chi connectivity index (χ1n) is 9.55. The van der Waals surface area contributed by atoms with Crippen LogP contribution in [0.5, 0.6) is 5.75 Å². The van der Waals surface area contributed by atoms with Crippen molar-refractivity contribution in [3.63, 3.8) is 0 Å². The molecule has 0 unspecified atom stereocenters. The Hall–Kier alpha value is -3.16. The van der Waals surface area contributed by atoms with Crippen LogP contribution < -0.4 is 10.3 Å². The van der Waals surface area contributed by atoms with Crippen LogP contribution in [-0.4, -0.2) is 32.6 Å². The Morgan fingerprint density at radius 2 is 2.13 bits per heavy atom. The predicted molar refractivity (Wildman–Crippen MR) is 112 cm³/mol. The van der Waals surface area contributed by atoms with Crippen LogP contribution in [0.25, 0.3) is 16.6 Å². The number of aromatic amines is 1. The molecule has 0 atom stereocenters. The molecule has 0 radical (unpaired) electrons. The molecule has 4 heterocycles. The molecule has 30 heavy (non-hydrogen) atoms. The summed E-state index contributed by atoms with van der Waals surface area (Å²) in [5.74, 6) is 0.331. The second-order valence-corrected chi connectivity index (χ2v) is 7.71. The Morgan fingerprint density at radius 1 is 1.23 bits per heavy atom. The van der Waals surface area contributed by atoms with Crippen molar-refractivity contribution in [1.29, 1.82) is 0 Å². The monoisotopic (exact) mass is 424 g/mol. The molecule has 0 spiro atoms. The van der Waals surface area contributed by atoms with Crippen LogP contribution >= 0.6 is 11.6 Å². The predicted octanol–water partition coefficient (Wildman–Crippen LogP) is 3.88. The highest BCUT2D eigenvalue weighted by Crippen LogP contribution is 2.37. The lowest BCUT2D eigenvalue weighted by atomic mass is 10.0. The molecule has 1 N–H and O–H groups in total. The highest BCUT2D eigenvalue weighted by molar-refractivity contribution is 6.32. The van der Waals surface area contributed by atoms with E-state index in [2.05, 4.69) is 15.0 Å². The standard InChI is InChI=1S/C22H18ClFN4O2/c23-19-9-15(18-10-26-28-13-17(24)1-2-20(18)28)8-16-12-27(5-6-30-22(16)19)11-14-3-4-25-21(29)7-14/h1-4,7-10,13H,5-6,11-12H2,(H,25,29). The quantitative estimate of drug-likeness (QED) is 0.542. The van der Waals surface area contributed by atoms with E-state index in [1.807, 2.05) is 18.2 Å². The number of pyridine rings is 2. The molecule has 0 bridgehead atoms. The van der Waals surface area contributed by atoms with Gasteiger partial charge in [-0.3, -0.25) is 9.69 Å². The van der Waals surface area contributed by atoms with Gasteiger partial charge in [-0.1, -0.05) is 11.6 Å². The fourth-order valence-corrected chi connectivity index (χ4v) is 4.14. The molecule has 0 amide bonds. The molecule has 8 heteroatoms. The summed E-state index contributed by atoms with van der Waals surface area (Å²) in [7, 11) is 0. The molecule has 5 rings (SSSR count). The van der Waals surface area contributed by atoms with Gasteiger partial charge in [0.1, 0.15) is 18.2 Å². The molecule has 1 aliphatic heterocycles. The lowest BCUT2D eigenvalue weighted by Crippen LogP contribution is -2.25. The number of H-pyrrole nitrogens is 1. The van der Waals surface area contributed by atoms with Crippen LogP contribution in [0.15, 0.2) is 59.8 Å². The fraction of sp³-hybridized carbons (Fsp3) is 0.182. The minimum absolute atomic E-state index is 0.117. The van der Waals surface area contributed by atoms with Crippen molar-refractivity contribution in [2.75, 3.05) is 13.2 Å². The van der Waals surface area contributed by atoms with Crippen LogP contribution in [0, 0.1) is 5.82 Å². The van der Waals surface area contributed by atoms with Crippen LogP contribution in [0.1, 0.15) is 11.1 Å². The first-order chi connectivity index (χ1) is 14.6. The second-order valence-electron chi connectivity index (χ2n) is 7.30. The lowest BCUT2D eigenvalue weighted by molar-refractivity contribution is 0.219. The highest BCUT2D eigenvalue weighted by Gasteiger charge is 2.20. The third-order valence-electron chi connectivity index (χ3n) is 5.21. The molecule has 0 saturated carbocycles. The van der Waals surface area contributed by atoms with Crippen molar-refractivity contribution in [3.05, 3.63) is 87.3 Å². The summed E-state index contributed by atoms with van der Waals surface area (Å²) in [6, 6.07) is 10.5. The average Bonchev–Trinajstić information content (AvgIpc) is 3.01. The maximum atomic E-state index is 13.5. The summed E-state index contributed by atoms with van der Waals surface area (Å²) in [4.78, 5) is 16.5. The normalized spacial score (nSPS) is 14.3. The van der Waals surface area contributed by atoms with Crippen molar-refractivity contribution >= 4 is 17.1 Å². The zero-order valence-electron chi connectivity index (χ0n) is 15.9. The van der Waals surface area contributed by atoms with E-state index in [1.54, 1.807) is 24.5 Å². The third kappa shape index (κ3) is 3.58. The van der Waals surface area contributed by atoms with Gasteiger partial charge < -0.3 is 9.72 Å². The number of rotatable bonds is 3. The van der Waals surface area contributed by atoms with E-state index in [0.29, 0.717) is 37.0 Å². The minimum Gasteiger partial charge on any atom is -0.490 e. The molecule has 0 aliphatic carbocycles. The largest absolute Gasteiger partial charge is 0.490 e. The number of nitrogens with zero attached hydrogens (tertiary/aromatic N) is 3. The Kier molecular flexibility index (Phi) is 4.77. The van der Waals surface area contributed by atoms with Gasteiger partial charge in [0.25, 0.3) is 0 Å². The molecule has 0 saturated heterocycles. The van der Waals surface area contributed by atoms with E-state index in [0.717, 1.165) is 27.8 Å². The van der Waals surface area contributed by atoms with Gasteiger partial charge in [-0.2, -0.15) is 5.10 Å². The zero-order valence-corrected chi connectivity index (χ0v) is 16.7. The van der Waals surface area contributed by atoms with Crippen molar-refractivity contribution in [1.82, 2.24) is 19.5 Å². The fourth-order valence-electron chi connectivity index (χ4n) is 3.84. The Bertz CT molecular complexity index is 1300. The number of hydrogen-bond acceptors (Lipinski definition) is 4. The van der Waals surface area contributed by atoms with Crippen LogP contribution in [-0.2, 0) is 13.1 Å². The number of halogens is 2. The van der Waals surface area contributed by atoms with E-state index >= 15 is 0 Å². The van der Waals surface area contributed by atoms with Gasteiger partial charge in [-0.25, -0.2) is 8.91 Å². The molecule has 1 aromatic carbocycles. The Labute approximate surface area is 176 Å². The van der Waals surface area contributed by atoms with Crippen molar-refractivity contribution in [2.24, 2.45) is 0 Å². The molecular weight excluding hydrogens is 407 g/mol. The van der Waals surface area contributed by atoms with Crippen LogP contribution in [0.3, 0.4) is 0 Å². The Morgan fingerprint density at radius 3 is 3.00 bits per heavy atom. The lowest BCUT2D eigenvalue weighted by Gasteiger charge is -2.19. The van der Waals surface area contributed by atoms with E-state index in [-0.39, 0.29) is 11.4 Å². The van der Waals surface area contributed by atoms with Gasteiger partial charge in [0.2, 0.25) is 5.56 Å². The van der Waals surface area contributed by atoms with Gasteiger partial charge in [0, 0.05) is 43.0 Å². The summed E-state index contributed by atoms with van der Waals surface area (Å²) < 4.78 is 21.0. The van der Waals surface area contributed by atoms with Crippen molar-refractivity contribution in [2.45, 2.75) is 13.1 Å². The van der Waals surface area contributed by atoms with E-state index in [1.165, 1.54) is 16.8 Å². The molecule has 4 aromatic rings. The van der Waals surface area contributed by atoms with E-state index in [9.17, 15) is 9.18 Å². The topological polar surface area (TPSA) is 62.6 Å². The van der Waals surface area contributed by atoms with Crippen molar-refractivity contribution < 1.29 is 9.13 Å². The summed E-state index contributed by atoms with van der Waals surface area (Å²) in [5.41, 5.74) is 4.33. The van der Waals surface area contributed by atoms with Crippen LogP contribution in [0.2, 0.25) is 5.02 Å².